The van der Waals surface area contributed by atoms with Crippen LogP contribution >= 0.6 is 0 Å². The summed E-state index contributed by atoms with van der Waals surface area (Å²) in [7, 11) is 4.81. The molecule has 0 saturated heterocycles. The standard InChI is InChI=1S/C18H29NO5/c1-5-12(8-14(11-19)18(20)21)6-7-13-9-15(22-2)10-16(23-3)17(13)24-4/h9-10,12,14H,5-8,11,19H2,1-4H3,(H,20,21). The lowest BCUT2D eigenvalue weighted by molar-refractivity contribution is -0.142. The Hall–Kier alpha value is -1.95. The first-order valence-corrected chi connectivity index (χ1v) is 8.22. The highest BCUT2D eigenvalue weighted by atomic mass is 16.5. The van der Waals surface area contributed by atoms with Crippen LogP contribution in [0.15, 0.2) is 12.1 Å². The van der Waals surface area contributed by atoms with Crippen LogP contribution in [0.4, 0.5) is 0 Å². The van der Waals surface area contributed by atoms with Crippen molar-refractivity contribution in [1.29, 1.82) is 0 Å². The molecular formula is C18H29NO5. The van der Waals surface area contributed by atoms with Crippen molar-refractivity contribution in [3.05, 3.63) is 17.7 Å². The molecule has 0 aliphatic heterocycles. The van der Waals surface area contributed by atoms with Gasteiger partial charge in [0, 0.05) is 18.2 Å². The Balaban J connectivity index is 2.89. The summed E-state index contributed by atoms with van der Waals surface area (Å²) >= 11 is 0. The molecule has 2 atom stereocenters. The summed E-state index contributed by atoms with van der Waals surface area (Å²) in [5.41, 5.74) is 6.56. The molecule has 136 valence electrons. The minimum absolute atomic E-state index is 0.169. The van der Waals surface area contributed by atoms with Gasteiger partial charge in [0.25, 0.3) is 0 Å². The van der Waals surface area contributed by atoms with E-state index in [1.807, 2.05) is 6.07 Å². The van der Waals surface area contributed by atoms with Crippen LogP contribution in [0.3, 0.4) is 0 Å². The zero-order valence-electron chi connectivity index (χ0n) is 15.0. The molecule has 0 saturated carbocycles. The number of carboxylic acid groups (broad SMARTS) is 1. The first-order valence-electron chi connectivity index (χ1n) is 8.22. The predicted octanol–water partition coefficient (Wildman–Crippen LogP) is 2.72. The Morgan fingerprint density at radius 3 is 2.38 bits per heavy atom. The number of benzene rings is 1. The Morgan fingerprint density at radius 1 is 1.21 bits per heavy atom. The van der Waals surface area contributed by atoms with Crippen LogP contribution in [0.1, 0.15) is 31.7 Å². The second-order valence-electron chi connectivity index (χ2n) is 5.84. The molecule has 2 unspecified atom stereocenters. The molecule has 3 N–H and O–H groups in total. The quantitative estimate of drug-likeness (QED) is 0.644. The summed E-state index contributed by atoms with van der Waals surface area (Å²) in [5, 5.41) is 9.19. The maximum atomic E-state index is 11.2. The topological polar surface area (TPSA) is 91.0 Å². The maximum absolute atomic E-state index is 11.2. The average Bonchev–Trinajstić information content (AvgIpc) is 2.60. The van der Waals surface area contributed by atoms with Crippen molar-refractivity contribution >= 4 is 5.97 Å². The van der Waals surface area contributed by atoms with Crippen LogP contribution in [0.2, 0.25) is 0 Å². The zero-order valence-corrected chi connectivity index (χ0v) is 15.0. The number of hydrogen-bond acceptors (Lipinski definition) is 5. The number of rotatable bonds is 11. The molecule has 0 spiro atoms. The highest BCUT2D eigenvalue weighted by molar-refractivity contribution is 5.70. The van der Waals surface area contributed by atoms with E-state index in [9.17, 15) is 9.90 Å². The zero-order chi connectivity index (χ0) is 18.1. The van der Waals surface area contributed by atoms with E-state index in [1.54, 1.807) is 27.4 Å². The van der Waals surface area contributed by atoms with Gasteiger partial charge in [-0.15, -0.1) is 0 Å². The fourth-order valence-corrected chi connectivity index (χ4v) is 2.87. The first-order chi connectivity index (χ1) is 11.5. The molecular weight excluding hydrogens is 310 g/mol. The van der Waals surface area contributed by atoms with Crippen LogP contribution in [0, 0.1) is 11.8 Å². The van der Waals surface area contributed by atoms with Gasteiger partial charge in [-0.2, -0.15) is 0 Å². The second-order valence-corrected chi connectivity index (χ2v) is 5.84. The Bertz CT molecular complexity index is 532. The summed E-state index contributed by atoms with van der Waals surface area (Å²) in [5.74, 6) is 1.01. The molecule has 1 aromatic rings. The minimum Gasteiger partial charge on any atom is -0.497 e. The van der Waals surface area contributed by atoms with Gasteiger partial charge in [0.05, 0.1) is 27.2 Å². The fourth-order valence-electron chi connectivity index (χ4n) is 2.87. The predicted molar refractivity (Wildman–Crippen MR) is 93.0 cm³/mol. The lowest BCUT2D eigenvalue weighted by atomic mass is 9.87. The molecule has 0 aliphatic rings. The van der Waals surface area contributed by atoms with E-state index in [0.717, 1.165) is 24.8 Å². The normalized spacial score (nSPS) is 13.2. The summed E-state index contributed by atoms with van der Waals surface area (Å²) in [6.45, 7) is 2.24. The Kier molecular flexibility index (Phi) is 8.40. The fraction of sp³-hybridized carbons (Fsp3) is 0.611. The van der Waals surface area contributed by atoms with Crippen LogP contribution in [-0.2, 0) is 11.2 Å². The van der Waals surface area contributed by atoms with Crippen LogP contribution < -0.4 is 19.9 Å². The molecule has 0 heterocycles. The number of aliphatic carboxylic acids is 1. The smallest absolute Gasteiger partial charge is 0.307 e. The monoisotopic (exact) mass is 339 g/mol. The van der Waals surface area contributed by atoms with Crippen LogP contribution in [0.5, 0.6) is 17.2 Å². The molecule has 24 heavy (non-hydrogen) atoms. The molecule has 0 radical (unpaired) electrons. The van der Waals surface area contributed by atoms with Crippen molar-refractivity contribution < 1.29 is 24.1 Å². The van der Waals surface area contributed by atoms with E-state index >= 15 is 0 Å². The molecule has 1 aromatic carbocycles. The van der Waals surface area contributed by atoms with Crippen molar-refractivity contribution in [2.45, 2.75) is 32.6 Å². The number of carbonyl (C=O) groups is 1. The van der Waals surface area contributed by atoms with Crippen LogP contribution in [0.25, 0.3) is 0 Å². The van der Waals surface area contributed by atoms with Gasteiger partial charge < -0.3 is 25.1 Å². The molecule has 6 nitrogen and oxygen atoms in total. The number of aryl methyl sites for hydroxylation is 1. The van der Waals surface area contributed by atoms with Crippen molar-refractivity contribution in [3.8, 4) is 17.2 Å². The van der Waals surface area contributed by atoms with Gasteiger partial charge in [0.15, 0.2) is 11.5 Å². The summed E-state index contributed by atoms with van der Waals surface area (Å²) in [6, 6.07) is 3.72. The van der Waals surface area contributed by atoms with Gasteiger partial charge in [-0.1, -0.05) is 13.3 Å². The Morgan fingerprint density at radius 2 is 1.92 bits per heavy atom. The maximum Gasteiger partial charge on any atom is 0.307 e. The summed E-state index contributed by atoms with van der Waals surface area (Å²) < 4.78 is 16.2. The molecule has 0 bridgehead atoms. The third-order valence-electron chi connectivity index (χ3n) is 4.42. The first kappa shape index (κ1) is 20.1. The SMILES string of the molecule is CCC(CCc1cc(OC)cc(OC)c1OC)CC(CN)C(=O)O. The lowest BCUT2D eigenvalue weighted by Crippen LogP contribution is -2.26. The molecule has 0 aliphatic carbocycles. The number of methoxy groups -OCH3 is 3. The lowest BCUT2D eigenvalue weighted by Gasteiger charge is -2.20. The molecule has 0 aromatic heterocycles. The summed E-state index contributed by atoms with van der Waals surface area (Å²) in [6.07, 6.45) is 3.11. The number of ether oxygens (including phenoxy) is 3. The van der Waals surface area contributed by atoms with E-state index in [0.29, 0.717) is 23.7 Å². The van der Waals surface area contributed by atoms with Gasteiger partial charge in [0.1, 0.15) is 5.75 Å². The van der Waals surface area contributed by atoms with Crippen LogP contribution in [-0.4, -0.2) is 38.9 Å². The van der Waals surface area contributed by atoms with Gasteiger partial charge >= 0.3 is 5.97 Å². The van der Waals surface area contributed by atoms with E-state index in [-0.39, 0.29) is 12.5 Å². The van der Waals surface area contributed by atoms with Gasteiger partial charge in [-0.05, 0) is 31.2 Å². The highest BCUT2D eigenvalue weighted by Gasteiger charge is 2.21. The van der Waals surface area contributed by atoms with Gasteiger partial charge in [-0.3, -0.25) is 4.79 Å². The van der Waals surface area contributed by atoms with E-state index in [2.05, 4.69) is 6.92 Å². The van der Waals surface area contributed by atoms with Crippen molar-refractivity contribution in [2.24, 2.45) is 17.6 Å². The van der Waals surface area contributed by atoms with E-state index in [4.69, 9.17) is 19.9 Å². The second kappa shape index (κ2) is 10.0. The van der Waals surface area contributed by atoms with Gasteiger partial charge in [0.2, 0.25) is 0 Å². The van der Waals surface area contributed by atoms with Crippen molar-refractivity contribution in [1.82, 2.24) is 0 Å². The highest BCUT2D eigenvalue weighted by Crippen LogP contribution is 2.37. The third kappa shape index (κ3) is 5.30. The number of carboxylic acids is 1. The molecule has 0 amide bonds. The number of hydrogen-bond donors (Lipinski definition) is 2. The third-order valence-corrected chi connectivity index (χ3v) is 4.42. The summed E-state index contributed by atoms with van der Waals surface area (Å²) in [4.78, 5) is 11.2. The van der Waals surface area contributed by atoms with E-state index < -0.39 is 11.9 Å². The minimum atomic E-state index is -0.823. The number of nitrogens with two attached hydrogens (primary N) is 1. The van der Waals surface area contributed by atoms with Crippen molar-refractivity contribution in [3.63, 3.8) is 0 Å². The Labute approximate surface area is 143 Å². The molecule has 6 heteroatoms. The van der Waals surface area contributed by atoms with Gasteiger partial charge in [-0.25, -0.2) is 0 Å². The van der Waals surface area contributed by atoms with E-state index in [1.165, 1.54) is 0 Å². The molecule has 1 rings (SSSR count). The largest absolute Gasteiger partial charge is 0.497 e. The average molecular weight is 339 g/mol. The molecule has 0 fully saturated rings. The van der Waals surface area contributed by atoms with Crippen molar-refractivity contribution in [2.75, 3.05) is 27.9 Å².